The summed E-state index contributed by atoms with van der Waals surface area (Å²) in [5, 5.41) is 0. The van der Waals surface area contributed by atoms with Crippen molar-refractivity contribution in [3.05, 3.63) is 66.2 Å². The van der Waals surface area contributed by atoms with Crippen molar-refractivity contribution in [3.63, 3.8) is 0 Å². The number of nitrogens with zero attached hydrogens (tertiary/aromatic N) is 1. The number of methoxy groups -OCH3 is 1. The smallest absolute Gasteiger partial charge is 0.238 e. The van der Waals surface area contributed by atoms with E-state index >= 15 is 0 Å². The van der Waals surface area contributed by atoms with E-state index < -0.39 is 0 Å². The first-order valence-electron chi connectivity index (χ1n) is 9.51. The lowest BCUT2D eigenvalue weighted by molar-refractivity contribution is -0.122. The number of ketones is 1. The number of allylic oxidation sites excluding steroid dienone is 2. The maximum absolute atomic E-state index is 12.7. The minimum atomic E-state index is -0.284. The Morgan fingerprint density at radius 3 is 2.24 bits per heavy atom. The van der Waals surface area contributed by atoms with Gasteiger partial charge in [-0.05, 0) is 49.2 Å². The van der Waals surface area contributed by atoms with Crippen LogP contribution in [0.15, 0.2) is 60.7 Å². The first-order valence-corrected chi connectivity index (χ1v) is 9.51. The van der Waals surface area contributed by atoms with Crippen molar-refractivity contribution < 1.29 is 23.9 Å². The summed E-state index contributed by atoms with van der Waals surface area (Å²) in [7, 11) is 1.56. The molecule has 1 saturated heterocycles. The highest BCUT2D eigenvalue weighted by Crippen LogP contribution is 2.38. The van der Waals surface area contributed by atoms with Crippen LogP contribution in [-0.4, -0.2) is 31.3 Å². The highest BCUT2D eigenvalue weighted by atomic mass is 16.5. The van der Waals surface area contributed by atoms with E-state index in [2.05, 4.69) is 0 Å². The molecule has 6 heteroatoms. The van der Waals surface area contributed by atoms with Gasteiger partial charge >= 0.3 is 0 Å². The van der Waals surface area contributed by atoms with E-state index in [1.165, 1.54) is 4.90 Å². The summed E-state index contributed by atoms with van der Waals surface area (Å²) in [6.45, 7) is -0.146. The van der Waals surface area contributed by atoms with Crippen molar-refractivity contribution in [1.29, 1.82) is 0 Å². The van der Waals surface area contributed by atoms with Crippen LogP contribution in [0.2, 0.25) is 0 Å². The average molecular weight is 391 g/mol. The molecule has 1 fully saturated rings. The molecular formula is C23H21NO5. The fraction of sp³-hybridized carbons (Fsp3) is 0.261. The molecule has 0 bridgehead atoms. The molecule has 0 spiro atoms. The summed E-state index contributed by atoms with van der Waals surface area (Å²) in [4.78, 5) is 39.1. The van der Waals surface area contributed by atoms with E-state index in [-0.39, 0.29) is 36.0 Å². The van der Waals surface area contributed by atoms with Gasteiger partial charge in [0.05, 0.1) is 24.6 Å². The standard InChI is InChI=1S/C23H21NO5/c1-28-17-11-9-15(10-12-17)21(25)14-29-18-6-4-5-16(13-18)24-22(26)19-7-2-3-8-20(19)23(24)27/h2-6,9-13,19-20H,7-8,14H2,1H3/t19-,20-/m0/s1. The Labute approximate surface area is 168 Å². The monoisotopic (exact) mass is 391 g/mol. The molecule has 0 N–H and O–H groups in total. The van der Waals surface area contributed by atoms with Crippen LogP contribution in [0, 0.1) is 11.8 Å². The molecule has 2 atom stereocenters. The molecule has 29 heavy (non-hydrogen) atoms. The maximum atomic E-state index is 12.7. The van der Waals surface area contributed by atoms with Crippen LogP contribution >= 0.6 is 0 Å². The first kappa shape index (κ1) is 18.9. The molecule has 1 aliphatic carbocycles. The molecule has 2 aromatic carbocycles. The van der Waals surface area contributed by atoms with Crippen LogP contribution in [0.25, 0.3) is 0 Å². The summed E-state index contributed by atoms with van der Waals surface area (Å²) in [6, 6.07) is 13.5. The molecule has 2 aromatic rings. The lowest BCUT2D eigenvalue weighted by Crippen LogP contribution is -2.30. The average Bonchev–Trinajstić information content (AvgIpc) is 3.02. The Morgan fingerprint density at radius 2 is 1.62 bits per heavy atom. The molecule has 1 heterocycles. The van der Waals surface area contributed by atoms with E-state index in [1.807, 2.05) is 12.2 Å². The highest BCUT2D eigenvalue weighted by molar-refractivity contribution is 6.22. The van der Waals surface area contributed by atoms with Crippen LogP contribution in [-0.2, 0) is 9.59 Å². The van der Waals surface area contributed by atoms with E-state index in [9.17, 15) is 14.4 Å². The number of hydrogen-bond donors (Lipinski definition) is 0. The van der Waals surface area contributed by atoms with E-state index in [1.54, 1.807) is 55.6 Å². The fourth-order valence-electron chi connectivity index (χ4n) is 3.78. The Balaban J connectivity index is 1.45. The summed E-state index contributed by atoms with van der Waals surface area (Å²) < 4.78 is 10.7. The molecule has 4 rings (SSSR count). The third-order valence-corrected chi connectivity index (χ3v) is 5.37. The van der Waals surface area contributed by atoms with Gasteiger partial charge in [-0.1, -0.05) is 18.2 Å². The topological polar surface area (TPSA) is 72.9 Å². The number of fused-ring (bicyclic) bond motifs is 1. The van der Waals surface area contributed by atoms with Crippen LogP contribution < -0.4 is 14.4 Å². The third-order valence-electron chi connectivity index (χ3n) is 5.37. The summed E-state index contributed by atoms with van der Waals surface area (Å²) in [6.07, 6.45) is 5.11. The minimum absolute atomic E-state index is 0.146. The normalized spacial score (nSPS) is 20.5. The number of carbonyl (C=O) groups is 3. The second-order valence-electron chi connectivity index (χ2n) is 7.11. The molecule has 0 radical (unpaired) electrons. The molecule has 1 aliphatic heterocycles. The molecule has 0 aromatic heterocycles. The van der Waals surface area contributed by atoms with Gasteiger partial charge in [-0.25, -0.2) is 4.90 Å². The fourth-order valence-corrected chi connectivity index (χ4v) is 3.78. The van der Waals surface area contributed by atoms with Crippen LogP contribution in [0.5, 0.6) is 11.5 Å². The third kappa shape index (κ3) is 3.66. The van der Waals surface area contributed by atoms with Gasteiger partial charge in [0.25, 0.3) is 0 Å². The zero-order valence-corrected chi connectivity index (χ0v) is 16.0. The Morgan fingerprint density at radius 1 is 0.966 bits per heavy atom. The number of carbonyl (C=O) groups excluding carboxylic acids is 3. The van der Waals surface area contributed by atoms with Crippen molar-refractivity contribution >= 4 is 23.3 Å². The number of Topliss-reactive ketones (excluding diaryl/α,β-unsaturated/α-hetero) is 1. The number of amides is 2. The highest BCUT2D eigenvalue weighted by Gasteiger charge is 2.47. The lowest BCUT2D eigenvalue weighted by atomic mass is 9.85. The van der Waals surface area contributed by atoms with E-state index in [4.69, 9.17) is 9.47 Å². The van der Waals surface area contributed by atoms with Gasteiger partial charge in [0.1, 0.15) is 11.5 Å². The van der Waals surface area contributed by atoms with Crippen molar-refractivity contribution in [1.82, 2.24) is 0 Å². The SMILES string of the molecule is COc1ccc(C(=O)COc2cccc(N3C(=O)[C@H]4CC=CC[C@@H]4C3=O)c2)cc1. The van der Waals surface area contributed by atoms with Gasteiger partial charge in [0.2, 0.25) is 11.8 Å². The van der Waals surface area contributed by atoms with E-state index in [0.29, 0.717) is 35.6 Å². The summed E-state index contributed by atoms with van der Waals surface area (Å²) in [5.74, 6) is 0.0152. The largest absolute Gasteiger partial charge is 0.497 e. The van der Waals surface area contributed by atoms with Gasteiger partial charge < -0.3 is 9.47 Å². The number of ether oxygens (including phenoxy) is 2. The number of benzene rings is 2. The number of imide groups is 1. The molecule has 148 valence electrons. The van der Waals surface area contributed by atoms with Crippen LogP contribution in [0.3, 0.4) is 0 Å². The summed E-state index contributed by atoms with van der Waals surface area (Å²) >= 11 is 0. The number of hydrogen-bond acceptors (Lipinski definition) is 5. The molecule has 0 saturated carbocycles. The van der Waals surface area contributed by atoms with Gasteiger partial charge in [-0.15, -0.1) is 0 Å². The Kier molecular flexibility index (Phi) is 5.16. The van der Waals surface area contributed by atoms with Crippen molar-refractivity contribution in [2.45, 2.75) is 12.8 Å². The van der Waals surface area contributed by atoms with E-state index in [0.717, 1.165) is 0 Å². The van der Waals surface area contributed by atoms with Crippen LogP contribution in [0.1, 0.15) is 23.2 Å². The van der Waals surface area contributed by atoms with Crippen LogP contribution in [0.4, 0.5) is 5.69 Å². The quantitative estimate of drug-likeness (QED) is 0.429. The first-order chi connectivity index (χ1) is 14.1. The number of rotatable bonds is 6. The molecule has 2 aliphatic rings. The van der Waals surface area contributed by atoms with Gasteiger partial charge in [-0.3, -0.25) is 14.4 Å². The summed E-state index contributed by atoms with van der Waals surface area (Å²) in [5.41, 5.74) is 0.993. The number of anilines is 1. The molecule has 6 nitrogen and oxygen atoms in total. The lowest BCUT2D eigenvalue weighted by Gasteiger charge is -2.16. The van der Waals surface area contributed by atoms with Crippen molar-refractivity contribution in [2.24, 2.45) is 11.8 Å². The minimum Gasteiger partial charge on any atom is -0.497 e. The maximum Gasteiger partial charge on any atom is 0.238 e. The molecular weight excluding hydrogens is 370 g/mol. The van der Waals surface area contributed by atoms with Gasteiger partial charge in [0, 0.05) is 11.6 Å². The molecule has 2 amide bonds. The zero-order chi connectivity index (χ0) is 20.4. The second kappa shape index (κ2) is 7.91. The second-order valence-corrected chi connectivity index (χ2v) is 7.11. The van der Waals surface area contributed by atoms with Gasteiger partial charge in [0.15, 0.2) is 12.4 Å². The van der Waals surface area contributed by atoms with Crippen molar-refractivity contribution in [2.75, 3.05) is 18.6 Å². The molecule has 0 unspecified atom stereocenters. The predicted octanol–water partition coefficient (Wildman–Crippen LogP) is 3.41. The Bertz CT molecular complexity index is 953. The van der Waals surface area contributed by atoms with Gasteiger partial charge in [-0.2, -0.15) is 0 Å². The zero-order valence-electron chi connectivity index (χ0n) is 16.0. The van der Waals surface area contributed by atoms with Crippen molar-refractivity contribution in [3.8, 4) is 11.5 Å². The predicted molar refractivity (Wildman–Crippen MR) is 107 cm³/mol. The Hall–Kier alpha value is -3.41.